The SMILES string of the molecule is CCCCCCCCc1ccc(NCC2(NC(=O)O)COC(C)(C)OC2)cc1. The second-order valence-corrected chi connectivity index (χ2v) is 8.26. The predicted molar refractivity (Wildman–Crippen MR) is 112 cm³/mol. The van der Waals surface area contributed by atoms with Crippen molar-refractivity contribution in [3.05, 3.63) is 29.8 Å². The maximum absolute atomic E-state index is 11.2. The first-order valence-electron chi connectivity index (χ1n) is 10.5. The van der Waals surface area contributed by atoms with Gasteiger partial charge >= 0.3 is 6.09 Å². The van der Waals surface area contributed by atoms with E-state index >= 15 is 0 Å². The molecule has 0 saturated carbocycles. The van der Waals surface area contributed by atoms with Crippen LogP contribution in [0.5, 0.6) is 0 Å². The third-order valence-corrected chi connectivity index (χ3v) is 5.17. The van der Waals surface area contributed by atoms with Gasteiger partial charge in [-0.1, -0.05) is 51.2 Å². The minimum atomic E-state index is -1.08. The van der Waals surface area contributed by atoms with Crippen LogP contribution in [0.4, 0.5) is 10.5 Å². The molecule has 0 atom stereocenters. The van der Waals surface area contributed by atoms with Crippen LogP contribution in [0.2, 0.25) is 0 Å². The van der Waals surface area contributed by atoms with Crippen molar-refractivity contribution in [2.75, 3.05) is 25.1 Å². The van der Waals surface area contributed by atoms with Gasteiger partial charge in [0.1, 0.15) is 5.54 Å². The van der Waals surface area contributed by atoms with E-state index in [0.29, 0.717) is 6.54 Å². The summed E-state index contributed by atoms with van der Waals surface area (Å²) in [5.41, 5.74) is 1.49. The van der Waals surface area contributed by atoms with Crippen molar-refractivity contribution in [3.63, 3.8) is 0 Å². The van der Waals surface area contributed by atoms with E-state index in [1.54, 1.807) is 0 Å². The summed E-state index contributed by atoms with van der Waals surface area (Å²) in [6.07, 6.45) is 7.84. The second kappa shape index (κ2) is 10.7. The maximum atomic E-state index is 11.2. The summed E-state index contributed by atoms with van der Waals surface area (Å²) in [7, 11) is 0. The predicted octanol–water partition coefficient (Wildman–Crippen LogP) is 4.79. The van der Waals surface area contributed by atoms with E-state index in [0.717, 1.165) is 12.1 Å². The minimum Gasteiger partial charge on any atom is -0.465 e. The molecule has 0 spiro atoms. The molecular formula is C22H36N2O4. The number of hydrogen-bond acceptors (Lipinski definition) is 4. The Bertz CT molecular complexity index is 591. The number of unbranched alkanes of at least 4 members (excludes halogenated alkanes) is 5. The van der Waals surface area contributed by atoms with E-state index < -0.39 is 17.4 Å². The molecule has 6 nitrogen and oxygen atoms in total. The number of amides is 1. The number of aryl methyl sites for hydroxylation is 1. The molecule has 0 radical (unpaired) electrons. The highest BCUT2D eigenvalue weighted by Crippen LogP contribution is 2.24. The van der Waals surface area contributed by atoms with E-state index in [-0.39, 0.29) is 13.2 Å². The lowest BCUT2D eigenvalue weighted by atomic mass is 10.00. The molecule has 1 amide bonds. The largest absolute Gasteiger partial charge is 0.465 e. The van der Waals surface area contributed by atoms with Gasteiger partial charge in [-0.15, -0.1) is 0 Å². The lowest BCUT2D eigenvalue weighted by molar-refractivity contribution is -0.268. The average molecular weight is 393 g/mol. The molecule has 1 aromatic carbocycles. The summed E-state index contributed by atoms with van der Waals surface area (Å²) < 4.78 is 11.4. The van der Waals surface area contributed by atoms with E-state index in [1.165, 1.54) is 44.1 Å². The summed E-state index contributed by atoms with van der Waals surface area (Å²) in [5.74, 6) is -0.693. The topological polar surface area (TPSA) is 79.8 Å². The Morgan fingerprint density at radius 1 is 1.04 bits per heavy atom. The molecule has 158 valence electrons. The Morgan fingerprint density at radius 3 is 2.25 bits per heavy atom. The van der Waals surface area contributed by atoms with Gasteiger partial charge in [0.15, 0.2) is 5.79 Å². The monoisotopic (exact) mass is 392 g/mol. The Hall–Kier alpha value is -1.79. The summed E-state index contributed by atoms with van der Waals surface area (Å²) >= 11 is 0. The van der Waals surface area contributed by atoms with Crippen molar-refractivity contribution in [1.82, 2.24) is 5.32 Å². The second-order valence-electron chi connectivity index (χ2n) is 8.26. The van der Waals surface area contributed by atoms with Gasteiger partial charge in [0.05, 0.1) is 13.2 Å². The quantitative estimate of drug-likeness (QED) is 0.472. The van der Waals surface area contributed by atoms with Crippen molar-refractivity contribution in [3.8, 4) is 0 Å². The zero-order valence-electron chi connectivity index (χ0n) is 17.6. The highest BCUT2D eigenvalue weighted by molar-refractivity contribution is 5.66. The highest BCUT2D eigenvalue weighted by Gasteiger charge is 2.41. The fourth-order valence-electron chi connectivity index (χ4n) is 3.32. The van der Waals surface area contributed by atoms with Gasteiger partial charge < -0.3 is 25.2 Å². The van der Waals surface area contributed by atoms with Crippen LogP contribution in [-0.2, 0) is 15.9 Å². The van der Waals surface area contributed by atoms with Gasteiger partial charge in [0, 0.05) is 12.2 Å². The number of benzene rings is 1. The van der Waals surface area contributed by atoms with Gasteiger partial charge in [-0.2, -0.15) is 0 Å². The Morgan fingerprint density at radius 2 is 1.64 bits per heavy atom. The fourth-order valence-corrected chi connectivity index (χ4v) is 3.32. The summed E-state index contributed by atoms with van der Waals surface area (Å²) in [5, 5.41) is 15.1. The molecule has 1 aliphatic heterocycles. The van der Waals surface area contributed by atoms with Gasteiger partial charge in [0.25, 0.3) is 0 Å². The summed E-state index contributed by atoms with van der Waals surface area (Å²) in [6.45, 7) is 6.81. The van der Waals surface area contributed by atoms with Crippen LogP contribution in [0.1, 0.15) is 64.9 Å². The lowest BCUT2D eigenvalue weighted by Gasteiger charge is -2.43. The first-order valence-corrected chi connectivity index (χ1v) is 10.5. The lowest BCUT2D eigenvalue weighted by Crippen LogP contribution is -2.64. The van der Waals surface area contributed by atoms with Crippen molar-refractivity contribution in [2.45, 2.75) is 77.0 Å². The summed E-state index contributed by atoms with van der Waals surface area (Å²) in [6, 6.07) is 8.38. The zero-order chi connectivity index (χ0) is 20.5. The van der Waals surface area contributed by atoms with Gasteiger partial charge in [-0.3, -0.25) is 0 Å². The minimum absolute atomic E-state index is 0.259. The number of carboxylic acid groups (broad SMARTS) is 1. The third-order valence-electron chi connectivity index (χ3n) is 5.17. The van der Waals surface area contributed by atoms with Crippen molar-refractivity contribution in [2.24, 2.45) is 0 Å². The van der Waals surface area contributed by atoms with E-state index in [1.807, 2.05) is 13.8 Å². The molecule has 1 aliphatic rings. The molecule has 0 aromatic heterocycles. The average Bonchev–Trinajstić information content (AvgIpc) is 2.66. The number of hydrogen-bond donors (Lipinski definition) is 3. The van der Waals surface area contributed by atoms with Crippen molar-refractivity contribution < 1.29 is 19.4 Å². The molecule has 3 N–H and O–H groups in total. The number of nitrogens with one attached hydrogen (secondary N) is 2. The van der Waals surface area contributed by atoms with Crippen LogP contribution in [0.3, 0.4) is 0 Å². The van der Waals surface area contributed by atoms with Crippen LogP contribution in [-0.4, -0.2) is 42.3 Å². The van der Waals surface area contributed by atoms with Crippen molar-refractivity contribution >= 4 is 11.8 Å². The first kappa shape index (κ1) is 22.5. The van der Waals surface area contributed by atoms with Crippen LogP contribution < -0.4 is 10.6 Å². The molecule has 6 heteroatoms. The van der Waals surface area contributed by atoms with Gasteiger partial charge in [-0.25, -0.2) is 4.79 Å². The molecule has 28 heavy (non-hydrogen) atoms. The van der Waals surface area contributed by atoms with E-state index in [4.69, 9.17) is 9.47 Å². The van der Waals surface area contributed by atoms with E-state index in [2.05, 4.69) is 41.8 Å². The zero-order valence-corrected chi connectivity index (χ0v) is 17.6. The standard InChI is InChI=1S/C22H36N2O4/c1-4-5-6-7-8-9-10-18-11-13-19(14-12-18)23-15-22(24-20(25)26)16-27-21(2,3)28-17-22/h11-14,23-24H,4-10,15-17H2,1-3H3,(H,25,26). The first-order chi connectivity index (χ1) is 13.3. The Balaban J connectivity index is 1.81. The fraction of sp³-hybridized carbons (Fsp3) is 0.682. The number of carbonyl (C=O) groups is 1. The van der Waals surface area contributed by atoms with Crippen LogP contribution in [0.25, 0.3) is 0 Å². The van der Waals surface area contributed by atoms with Crippen LogP contribution in [0, 0.1) is 0 Å². The Labute approximate surface area is 169 Å². The van der Waals surface area contributed by atoms with Gasteiger partial charge in [-0.05, 0) is 44.4 Å². The molecule has 0 unspecified atom stereocenters. The Kier molecular flexibility index (Phi) is 8.58. The molecule has 1 fully saturated rings. The third kappa shape index (κ3) is 7.68. The van der Waals surface area contributed by atoms with Gasteiger partial charge in [0.2, 0.25) is 0 Å². The molecule has 0 aliphatic carbocycles. The maximum Gasteiger partial charge on any atom is 0.405 e. The smallest absolute Gasteiger partial charge is 0.405 e. The molecule has 0 bridgehead atoms. The molecule has 1 heterocycles. The number of rotatable bonds is 11. The summed E-state index contributed by atoms with van der Waals surface area (Å²) in [4.78, 5) is 11.2. The molecule has 2 rings (SSSR count). The number of ether oxygens (including phenoxy) is 2. The highest BCUT2D eigenvalue weighted by atomic mass is 16.7. The number of anilines is 1. The van der Waals surface area contributed by atoms with Crippen LogP contribution in [0.15, 0.2) is 24.3 Å². The van der Waals surface area contributed by atoms with E-state index in [9.17, 15) is 9.90 Å². The molecule has 1 saturated heterocycles. The normalized spacial score (nSPS) is 17.8. The molecule has 1 aromatic rings. The molecular weight excluding hydrogens is 356 g/mol. The van der Waals surface area contributed by atoms with Crippen molar-refractivity contribution in [1.29, 1.82) is 0 Å². The van der Waals surface area contributed by atoms with Crippen LogP contribution >= 0.6 is 0 Å².